The van der Waals surface area contributed by atoms with E-state index in [1.54, 1.807) is 6.92 Å². The number of rotatable bonds is 3. The smallest absolute Gasteiger partial charge is 0.146 e. The average molecular weight is 225 g/mol. The lowest BCUT2D eigenvalue weighted by atomic mass is 10.4. The molecule has 0 aromatic carbocycles. The number of nitrogens with two attached hydrogens (primary N) is 1. The van der Waals surface area contributed by atoms with Crippen molar-refractivity contribution in [3.63, 3.8) is 0 Å². The van der Waals surface area contributed by atoms with Gasteiger partial charge in [0.2, 0.25) is 0 Å². The van der Waals surface area contributed by atoms with E-state index in [0.717, 1.165) is 0 Å². The Kier molecular flexibility index (Phi) is 7.08. The van der Waals surface area contributed by atoms with E-state index >= 15 is 0 Å². The van der Waals surface area contributed by atoms with Gasteiger partial charge in [0.05, 0.1) is 13.1 Å². The molecule has 0 spiro atoms. The van der Waals surface area contributed by atoms with Crippen molar-refractivity contribution in [1.29, 1.82) is 0 Å². The Morgan fingerprint density at radius 1 is 1.43 bits per heavy atom. The van der Waals surface area contributed by atoms with E-state index in [0.29, 0.717) is 0 Å². The van der Waals surface area contributed by atoms with Crippen LogP contribution in [-0.4, -0.2) is 38.6 Å². The standard InChI is InChI=1S/C4H9N.C4H10O4S/c1-2-4-5-3-1;1-3-4(8-2)9(5,6)7/h5H,1-4H2;4H,3H2,1-2H3,(H,5,6,7). The predicted octanol–water partition coefficient (Wildman–Crippen LogP) is -0.742. The Morgan fingerprint density at radius 3 is 2.00 bits per heavy atom. The molecule has 1 heterocycles. The Labute approximate surface area is 85.6 Å². The van der Waals surface area contributed by atoms with Crippen LogP contribution in [0.3, 0.4) is 0 Å². The van der Waals surface area contributed by atoms with Crippen molar-refractivity contribution in [1.82, 2.24) is 0 Å². The fraction of sp³-hybridized carbons (Fsp3) is 1.00. The lowest BCUT2D eigenvalue weighted by Crippen LogP contribution is -2.80. The molecule has 1 aliphatic rings. The SMILES string of the molecule is C1CC[NH2+]C1.CCC(OC)S(=O)(=O)[O-]. The van der Waals surface area contributed by atoms with Gasteiger partial charge in [-0.2, -0.15) is 0 Å². The Hall–Kier alpha value is -0.170. The molecule has 0 bridgehead atoms. The average Bonchev–Trinajstić information content (AvgIpc) is 2.60. The third-order valence-corrected chi connectivity index (χ3v) is 3.15. The quantitative estimate of drug-likeness (QED) is 0.641. The van der Waals surface area contributed by atoms with E-state index in [4.69, 9.17) is 0 Å². The zero-order valence-electron chi connectivity index (χ0n) is 8.73. The topological polar surface area (TPSA) is 83.0 Å². The molecule has 5 nitrogen and oxygen atoms in total. The summed E-state index contributed by atoms with van der Waals surface area (Å²) in [6.07, 6.45) is 3.09. The molecule has 0 radical (unpaired) electrons. The van der Waals surface area contributed by atoms with E-state index in [2.05, 4.69) is 10.1 Å². The summed E-state index contributed by atoms with van der Waals surface area (Å²) in [5.74, 6) is 0. The van der Waals surface area contributed by atoms with Crippen LogP contribution < -0.4 is 5.32 Å². The first-order valence-corrected chi connectivity index (χ1v) is 6.28. The van der Waals surface area contributed by atoms with Gasteiger partial charge >= 0.3 is 0 Å². The second kappa shape index (κ2) is 7.17. The van der Waals surface area contributed by atoms with Crippen LogP contribution in [0.15, 0.2) is 0 Å². The van der Waals surface area contributed by atoms with Crippen molar-refractivity contribution in [2.75, 3.05) is 20.2 Å². The van der Waals surface area contributed by atoms with E-state index in [9.17, 15) is 13.0 Å². The summed E-state index contributed by atoms with van der Waals surface area (Å²) in [5.41, 5.74) is -1.18. The van der Waals surface area contributed by atoms with Crippen molar-refractivity contribution in [2.24, 2.45) is 0 Å². The summed E-state index contributed by atoms with van der Waals surface area (Å²) in [7, 11) is -3.04. The first kappa shape index (κ1) is 13.8. The molecule has 1 unspecified atom stereocenters. The molecule has 0 amide bonds. The Morgan fingerprint density at radius 2 is 1.93 bits per heavy atom. The molecular formula is C8H19NO4S. The molecule has 1 fully saturated rings. The maximum Gasteiger partial charge on any atom is 0.146 e. The highest BCUT2D eigenvalue weighted by Gasteiger charge is 2.10. The molecular weight excluding hydrogens is 206 g/mol. The van der Waals surface area contributed by atoms with Crippen LogP contribution in [0.2, 0.25) is 0 Å². The maximum atomic E-state index is 10.1. The normalized spacial score (nSPS) is 18.5. The minimum Gasteiger partial charge on any atom is -0.746 e. The molecule has 0 aromatic rings. The first-order chi connectivity index (χ1) is 6.52. The van der Waals surface area contributed by atoms with Crippen LogP contribution in [0.25, 0.3) is 0 Å². The molecule has 2 N–H and O–H groups in total. The molecule has 86 valence electrons. The second-order valence-corrected chi connectivity index (χ2v) is 4.65. The largest absolute Gasteiger partial charge is 0.746 e. The van der Waals surface area contributed by atoms with Gasteiger partial charge in [-0.15, -0.1) is 0 Å². The lowest BCUT2D eigenvalue weighted by Gasteiger charge is -2.16. The fourth-order valence-corrected chi connectivity index (χ4v) is 1.85. The first-order valence-electron chi connectivity index (χ1n) is 4.81. The third-order valence-electron chi connectivity index (χ3n) is 1.98. The van der Waals surface area contributed by atoms with Gasteiger partial charge in [0, 0.05) is 20.0 Å². The van der Waals surface area contributed by atoms with Gasteiger partial charge < -0.3 is 14.6 Å². The van der Waals surface area contributed by atoms with Crippen LogP contribution in [-0.2, 0) is 14.9 Å². The van der Waals surface area contributed by atoms with E-state index in [1.807, 2.05) is 0 Å². The van der Waals surface area contributed by atoms with Gasteiger partial charge in [0.1, 0.15) is 15.6 Å². The number of methoxy groups -OCH3 is 1. The van der Waals surface area contributed by atoms with Crippen LogP contribution in [0, 0.1) is 0 Å². The van der Waals surface area contributed by atoms with Gasteiger partial charge in [0.25, 0.3) is 0 Å². The van der Waals surface area contributed by atoms with Gasteiger partial charge in [0.15, 0.2) is 0 Å². The summed E-state index contributed by atoms with van der Waals surface area (Å²) in [6.45, 7) is 4.32. The summed E-state index contributed by atoms with van der Waals surface area (Å²) in [6, 6.07) is 0. The van der Waals surface area contributed by atoms with E-state index < -0.39 is 15.6 Å². The number of hydrogen-bond donors (Lipinski definition) is 1. The van der Waals surface area contributed by atoms with Crippen LogP contribution >= 0.6 is 0 Å². The van der Waals surface area contributed by atoms with Crippen molar-refractivity contribution >= 4 is 10.1 Å². The monoisotopic (exact) mass is 225 g/mol. The minimum absolute atomic E-state index is 0.197. The Balaban J connectivity index is 0.000000280. The highest BCUT2D eigenvalue weighted by atomic mass is 32.2. The lowest BCUT2D eigenvalue weighted by molar-refractivity contribution is -0.635. The number of quaternary nitrogens is 1. The molecule has 1 rings (SSSR count). The van der Waals surface area contributed by atoms with Crippen molar-refractivity contribution in [3.05, 3.63) is 0 Å². The van der Waals surface area contributed by atoms with Crippen LogP contribution in [0.5, 0.6) is 0 Å². The maximum absolute atomic E-state index is 10.1. The summed E-state index contributed by atoms with van der Waals surface area (Å²) in [5, 5.41) is 2.36. The summed E-state index contributed by atoms with van der Waals surface area (Å²) in [4.78, 5) is 0. The molecule has 0 saturated carbocycles. The van der Waals surface area contributed by atoms with E-state index in [1.165, 1.54) is 33.0 Å². The van der Waals surface area contributed by atoms with Gasteiger partial charge in [-0.1, -0.05) is 6.92 Å². The highest BCUT2D eigenvalue weighted by molar-refractivity contribution is 7.86. The van der Waals surface area contributed by atoms with Gasteiger partial charge in [-0.05, 0) is 6.42 Å². The third kappa shape index (κ3) is 6.31. The second-order valence-electron chi connectivity index (χ2n) is 3.14. The van der Waals surface area contributed by atoms with Gasteiger partial charge in [-0.25, -0.2) is 8.42 Å². The molecule has 14 heavy (non-hydrogen) atoms. The zero-order valence-corrected chi connectivity index (χ0v) is 9.55. The van der Waals surface area contributed by atoms with Crippen molar-refractivity contribution in [3.8, 4) is 0 Å². The van der Waals surface area contributed by atoms with Crippen LogP contribution in [0.1, 0.15) is 26.2 Å². The molecule has 1 saturated heterocycles. The summed E-state index contributed by atoms with van der Waals surface area (Å²) >= 11 is 0. The minimum atomic E-state index is -4.24. The predicted molar refractivity (Wildman–Crippen MR) is 51.7 cm³/mol. The highest BCUT2D eigenvalue weighted by Crippen LogP contribution is 2.02. The summed E-state index contributed by atoms with van der Waals surface area (Å²) < 4.78 is 34.7. The number of hydrogen-bond acceptors (Lipinski definition) is 4. The van der Waals surface area contributed by atoms with Crippen molar-refractivity contribution < 1.29 is 23.0 Å². The number of ether oxygens (including phenoxy) is 1. The molecule has 0 aromatic heterocycles. The molecule has 1 atom stereocenters. The van der Waals surface area contributed by atoms with E-state index in [-0.39, 0.29) is 6.42 Å². The fourth-order valence-electron chi connectivity index (χ4n) is 1.21. The van der Waals surface area contributed by atoms with Crippen molar-refractivity contribution in [2.45, 2.75) is 31.6 Å². The van der Waals surface area contributed by atoms with Crippen LogP contribution in [0.4, 0.5) is 0 Å². The van der Waals surface area contributed by atoms with Gasteiger partial charge in [-0.3, -0.25) is 0 Å². The molecule has 6 heteroatoms. The molecule has 1 aliphatic heterocycles. The molecule has 0 aliphatic carbocycles. The zero-order chi connectivity index (χ0) is 11.0. The Bertz CT molecular complexity index is 212.